The van der Waals surface area contributed by atoms with E-state index in [0.717, 1.165) is 10.9 Å². The molecule has 1 unspecified atom stereocenters. The van der Waals surface area contributed by atoms with Gasteiger partial charge in [-0.1, -0.05) is 60.7 Å². The van der Waals surface area contributed by atoms with E-state index in [-0.39, 0.29) is 17.2 Å². The predicted octanol–water partition coefficient (Wildman–Crippen LogP) is 2.98. The number of rotatable bonds is 5. The normalized spacial score (nSPS) is 11.7. The Kier molecular flexibility index (Phi) is 5.17. The van der Waals surface area contributed by atoms with E-state index in [9.17, 15) is 14.7 Å². The number of carbonyl (C=O) groups excluding carboxylic acids is 2. The SMILES string of the molecule is CC(=O)NC(Cc1ccccc1)NC(=O)c1ccc2ccccc2c1O. The van der Waals surface area contributed by atoms with Crippen molar-refractivity contribution in [3.05, 3.63) is 77.9 Å². The maximum atomic E-state index is 12.7. The molecule has 0 radical (unpaired) electrons. The first-order valence-corrected chi connectivity index (χ1v) is 8.37. The first-order valence-electron chi connectivity index (χ1n) is 8.37. The monoisotopic (exact) mass is 348 g/mol. The van der Waals surface area contributed by atoms with Crippen LogP contribution in [-0.2, 0) is 11.2 Å². The van der Waals surface area contributed by atoms with Gasteiger partial charge in [-0.2, -0.15) is 0 Å². The molecule has 26 heavy (non-hydrogen) atoms. The van der Waals surface area contributed by atoms with E-state index in [2.05, 4.69) is 10.6 Å². The summed E-state index contributed by atoms with van der Waals surface area (Å²) in [4.78, 5) is 24.2. The van der Waals surface area contributed by atoms with Crippen LogP contribution < -0.4 is 10.6 Å². The molecule has 0 aromatic heterocycles. The van der Waals surface area contributed by atoms with Crippen LogP contribution in [0.1, 0.15) is 22.8 Å². The largest absolute Gasteiger partial charge is 0.506 e. The maximum absolute atomic E-state index is 12.7. The third kappa shape index (κ3) is 4.00. The Hall–Kier alpha value is -3.34. The average Bonchev–Trinajstić information content (AvgIpc) is 2.62. The minimum atomic E-state index is -0.576. The lowest BCUT2D eigenvalue weighted by Gasteiger charge is -2.20. The van der Waals surface area contributed by atoms with E-state index in [4.69, 9.17) is 0 Å². The summed E-state index contributed by atoms with van der Waals surface area (Å²) in [5, 5.41) is 17.4. The van der Waals surface area contributed by atoms with Gasteiger partial charge in [0, 0.05) is 18.7 Å². The zero-order valence-electron chi connectivity index (χ0n) is 14.4. The van der Waals surface area contributed by atoms with Crippen LogP contribution in [0.15, 0.2) is 66.7 Å². The number of benzene rings is 3. The molecular formula is C21H20N2O3. The highest BCUT2D eigenvalue weighted by atomic mass is 16.3. The van der Waals surface area contributed by atoms with Gasteiger partial charge in [0.15, 0.2) is 0 Å². The Morgan fingerprint density at radius 1 is 0.923 bits per heavy atom. The number of fused-ring (bicyclic) bond motifs is 1. The number of hydrogen-bond acceptors (Lipinski definition) is 3. The summed E-state index contributed by atoms with van der Waals surface area (Å²) in [5.74, 6) is -0.751. The molecule has 5 heteroatoms. The van der Waals surface area contributed by atoms with Crippen molar-refractivity contribution in [3.8, 4) is 5.75 Å². The second-order valence-electron chi connectivity index (χ2n) is 6.10. The summed E-state index contributed by atoms with van der Waals surface area (Å²) in [6.07, 6.45) is -0.131. The van der Waals surface area contributed by atoms with E-state index >= 15 is 0 Å². The third-order valence-electron chi connectivity index (χ3n) is 4.11. The van der Waals surface area contributed by atoms with Gasteiger partial charge in [-0.15, -0.1) is 0 Å². The van der Waals surface area contributed by atoms with Gasteiger partial charge in [-0.25, -0.2) is 0 Å². The van der Waals surface area contributed by atoms with Crippen molar-refractivity contribution in [3.63, 3.8) is 0 Å². The second kappa shape index (κ2) is 7.70. The first kappa shape index (κ1) is 17.5. The molecule has 3 aromatic rings. The van der Waals surface area contributed by atoms with E-state index in [0.29, 0.717) is 11.8 Å². The van der Waals surface area contributed by atoms with Crippen LogP contribution in [-0.4, -0.2) is 23.1 Å². The zero-order valence-corrected chi connectivity index (χ0v) is 14.4. The summed E-state index contributed by atoms with van der Waals surface area (Å²) in [5.41, 5.74) is 1.15. The minimum Gasteiger partial charge on any atom is -0.506 e. The molecule has 0 heterocycles. The third-order valence-corrected chi connectivity index (χ3v) is 4.11. The van der Waals surface area contributed by atoms with Crippen LogP contribution in [0.3, 0.4) is 0 Å². The van der Waals surface area contributed by atoms with Crippen molar-refractivity contribution in [2.24, 2.45) is 0 Å². The Labute approximate surface area is 151 Å². The first-order chi connectivity index (χ1) is 12.5. The van der Waals surface area contributed by atoms with Crippen LogP contribution in [0.5, 0.6) is 5.75 Å². The molecule has 1 atom stereocenters. The Morgan fingerprint density at radius 3 is 2.35 bits per heavy atom. The Balaban J connectivity index is 1.83. The van der Waals surface area contributed by atoms with Crippen LogP contribution in [0, 0.1) is 0 Å². The predicted molar refractivity (Wildman–Crippen MR) is 101 cm³/mol. The maximum Gasteiger partial charge on any atom is 0.256 e. The number of hydrogen-bond donors (Lipinski definition) is 3. The quantitative estimate of drug-likeness (QED) is 0.620. The highest BCUT2D eigenvalue weighted by Gasteiger charge is 2.18. The standard InChI is InChI=1S/C21H20N2O3/c1-14(24)22-19(13-15-7-3-2-4-8-15)23-21(26)18-12-11-16-9-5-6-10-17(16)20(18)25/h2-12,19,25H,13H2,1H3,(H,22,24)(H,23,26). The average molecular weight is 348 g/mol. The molecule has 0 aliphatic heterocycles. The number of aromatic hydroxyl groups is 1. The van der Waals surface area contributed by atoms with Crippen LogP contribution in [0.25, 0.3) is 10.8 Å². The molecule has 2 amide bonds. The van der Waals surface area contributed by atoms with Gasteiger partial charge in [0.05, 0.1) is 5.56 Å². The molecule has 0 spiro atoms. The number of nitrogens with one attached hydrogen (secondary N) is 2. The molecule has 3 rings (SSSR count). The fourth-order valence-corrected chi connectivity index (χ4v) is 2.91. The lowest BCUT2D eigenvalue weighted by Crippen LogP contribution is -2.48. The molecule has 0 aliphatic carbocycles. The van der Waals surface area contributed by atoms with E-state index < -0.39 is 12.1 Å². The van der Waals surface area contributed by atoms with Crippen molar-refractivity contribution in [2.75, 3.05) is 0 Å². The summed E-state index contributed by atoms with van der Waals surface area (Å²) in [7, 11) is 0. The van der Waals surface area contributed by atoms with Gasteiger partial charge in [-0.05, 0) is 17.0 Å². The molecule has 0 aliphatic rings. The smallest absolute Gasteiger partial charge is 0.256 e. The van der Waals surface area contributed by atoms with Crippen molar-refractivity contribution in [1.82, 2.24) is 10.6 Å². The van der Waals surface area contributed by atoms with Gasteiger partial charge < -0.3 is 15.7 Å². The minimum absolute atomic E-state index is 0.0677. The Morgan fingerprint density at radius 2 is 1.62 bits per heavy atom. The summed E-state index contributed by atoms with van der Waals surface area (Å²) in [6.45, 7) is 1.40. The second-order valence-corrected chi connectivity index (χ2v) is 6.10. The highest BCUT2D eigenvalue weighted by Crippen LogP contribution is 2.28. The van der Waals surface area contributed by atoms with Gasteiger partial charge in [0.2, 0.25) is 5.91 Å². The number of carbonyl (C=O) groups is 2. The number of phenols is 1. The fourth-order valence-electron chi connectivity index (χ4n) is 2.91. The van der Waals surface area contributed by atoms with E-state index in [1.54, 1.807) is 24.3 Å². The molecule has 0 fully saturated rings. The summed E-state index contributed by atoms with van der Waals surface area (Å²) >= 11 is 0. The van der Waals surface area contributed by atoms with E-state index in [1.165, 1.54) is 6.92 Å². The van der Waals surface area contributed by atoms with Crippen molar-refractivity contribution in [1.29, 1.82) is 0 Å². The van der Waals surface area contributed by atoms with Gasteiger partial charge in [0.1, 0.15) is 11.9 Å². The Bertz CT molecular complexity index is 938. The molecule has 0 saturated carbocycles. The molecule has 132 valence electrons. The topological polar surface area (TPSA) is 78.4 Å². The van der Waals surface area contributed by atoms with Crippen LogP contribution >= 0.6 is 0 Å². The zero-order chi connectivity index (χ0) is 18.5. The summed E-state index contributed by atoms with van der Waals surface area (Å²) in [6, 6.07) is 20.2. The summed E-state index contributed by atoms with van der Waals surface area (Å²) < 4.78 is 0. The molecule has 3 N–H and O–H groups in total. The molecule has 5 nitrogen and oxygen atoms in total. The molecular weight excluding hydrogens is 328 g/mol. The van der Waals surface area contributed by atoms with Crippen molar-refractivity contribution < 1.29 is 14.7 Å². The number of amides is 2. The lowest BCUT2D eigenvalue weighted by atomic mass is 10.0. The lowest BCUT2D eigenvalue weighted by molar-refractivity contribution is -0.119. The van der Waals surface area contributed by atoms with Gasteiger partial charge in [-0.3, -0.25) is 9.59 Å². The molecule has 3 aromatic carbocycles. The van der Waals surface area contributed by atoms with Crippen LogP contribution in [0.4, 0.5) is 0 Å². The number of phenolic OH excluding ortho intramolecular Hbond substituents is 1. The van der Waals surface area contributed by atoms with Gasteiger partial charge in [0.25, 0.3) is 5.91 Å². The molecule has 0 saturated heterocycles. The molecule has 0 bridgehead atoms. The van der Waals surface area contributed by atoms with E-state index in [1.807, 2.05) is 42.5 Å². The van der Waals surface area contributed by atoms with Crippen molar-refractivity contribution in [2.45, 2.75) is 19.5 Å². The fraction of sp³-hybridized carbons (Fsp3) is 0.143. The van der Waals surface area contributed by atoms with Crippen LogP contribution in [0.2, 0.25) is 0 Å². The van der Waals surface area contributed by atoms with Gasteiger partial charge >= 0.3 is 0 Å². The van der Waals surface area contributed by atoms with Crippen molar-refractivity contribution >= 4 is 22.6 Å². The highest BCUT2D eigenvalue weighted by molar-refractivity contribution is 6.03.